The normalized spacial score (nSPS) is 18.0. The van der Waals surface area contributed by atoms with E-state index in [1.807, 2.05) is 37.5 Å². The van der Waals surface area contributed by atoms with E-state index in [-0.39, 0.29) is 23.0 Å². The summed E-state index contributed by atoms with van der Waals surface area (Å²) in [6.45, 7) is 5.53. The zero-order chi connectivity index (χ0) is 16.2. The Morgan fingerprint density at radius 3 is 2.75 bits per heavy atom. The second kappa shape index (κ2) is 8.19. The number of aryl methyl sites for hydroxylation is 1. The summed E-state index contributed by atoms with van der Waals surface area (Å²) >= 11 is 0. The lowest BCUT2D eigenvalue weighted by Crippen LogP contribution is -2.45. The van der Waals surface area contributed by atoms with Crippen LogP contribution in [-0.2, 0) is 6.54 Å². The smallest absolute Gasteiger partial charge is 0.269 e. The molecule has 2 aromatic rings. The number of non-ortho nitro benzene ring substituents is 1. The van der Waals surface area contributed by atoms with Gasteiger partial charge in [-0.2, -0.15) is 0 Å². The van der Waals surface area contributed by atoms with Crippen LogP contribution in [0.15, 0.2) is 42.7 Å². The Balaban J connectivity index is 0.00000208. The third-order valence-electron chi connectivity index (χ3n) is 4.36. The topological polar surface area (TPSA) is 71.3 Å². The summed E-state index contributed by atoms with van der Waals surface area (Å²) in [6.07, 6.45) is 3.64. The van der Waals surface area contributed by atoms with E-state index in [1.165, 1.54) is 5.56 Å². The Labute approximate surface area is 147 Å². The molecule has 1 unspecified atom stereocenters. The maximum Gasteiger partial charge on any atom is 0.269 e. The van der Waals surface area contributed by atoms with Crippen LogP contribution in [0.3, 0.4) is 0 Å². The maximum absolute atomic E-state index is 10.9. The number of rotatable bonds is 4. The Hall–Kier alpha value is -2.02. The number of nitro groups is 1. The zero-order valence-electron chi connectivity index (χ0n) is 13.5. The lowest BCUT2D eigenvalue weighted by atomic mass is 10.0. The van der Waals surface area contributed by atoms with Gasteiger partial charge in [-0.3, -0.25) is 20.0 Å². The number of nitro benzene ring substituents is 1. The molecule has 0 aliphatic carbocycles. The van der Waals surface area contributed by atoms with Crippen molar-refractivity contribution in [3.05, 3.63) is 69.5 Å². The molecule has 0 spiro atoms. The molecule has 0 radical (unpaired) electrons. The first-order chi connectivity index (χ1) is 11.1. The van der Waals surface area contributed by atoms with Crippen LogP contribution in [0, 0.1) is 17.0 Å². The molecule has 2 heterocycles. The van der Waals surface area contributed by atoms with Crippen LogP contribution in [0.1, 0.15) is 22.7 Å². The van der Waals surface area contributed by atoms with E-state index in [9.17, 15) is 10.1 Å². The SMILES string of the molecule is Cc1cc([N+](=O)[O-])ccc1CN1CCNCC1c1ccncc1.Cl. The average Bonchev–Trinajstić information content (AvgIpc) is 2.58. The maximum atomic E-state index is 10.9. The van der Waals surface area contributed by atoms with E-state index in [1.54, 1.807) is 12.1 Å². The highest BCUT2D eigenvalue weighted by molar-refractivity contribution is 5.85. The van der Waals surface area contributed by atoms with Crippen molar-refractivity contribution in [3.8, 4) is 0 Å². The van der Waals surface area contributed by atoms with Crippen molar-refractivity contribution in [2.45, 2.75) is 19.5 Å². The molecule has 7 heteroatoms. The minimum atomic E-state index is -0.346. The summed E-state index contributed by atoms with van der Waals surface area (Å²) in [5, 5.41) is 14.3. The van der Waals surface area contributed by atoms with Gasteiger partial charge in [0.15, 0.2) is 0 Å². The first-order valence-electron chi connectivity index (χ1n) is 7.74. The van der Waals surface area contributed by atoms with E-state index in [0.717, 1.165) is 37.3 Å². The summed E-state index contributed by atoms with van der Waals surface area (Å²) in [5.74, 6) is 0. The first kappa shape index (κ1) is 18.3. The Bertz CT molecular complexity index is 696. The van der Waals surface area contributed by atoms with E-state index in [4.69, 9.17) is 0 Å². The van der Waals surface area contributed by atoms with Gasteiger partial charge in [0.1, 0.15) is 0 Å². The third-order valence-corrected chi connectivity index (χ3v) is 4.36. The van der Waals surface area contributed by atoms with Crippen LogP contribution in [-0.4, -0.2) is 34.4 Å². The molecule has 1 atom stereocenters. The van der Waals surface area contributed by atoms with Crippen LogP contribution in [0.25, 0.3) is 0 Å². The van der Waals surface area contributed by atoms with Gasteiger partial charge in [0.05, 0.1) is 4.92 Å². The fourth-order valence-electron chi connectivity index (χ4n) is 3.04. The van der Waals surface area contributed by atoms with Crippen molar-refractivity contribution in [3.63, 3.8) is 0 Å². The fraction of sp³-hybridized carbons (Fsp3) is 0.353. The molecule has 24 heavy (non-hydrogen) atoms. The van der Waals surface area contributed by atoms with Gasteiger partial charge in [0.2, 0.25) is 0 Å². The molecule has 3 rings (SSSR count). The van der Waals surface area contributed by atoms with Gasteiger partial charge in [-0.25, -0.2) is 0 Å². The molecule has 1 N–H and O–H groups in total. The highest BCUT2D eigenvalue weighted by Crippen LogP contribution is 2.26. The quantitative estimate of drug-likeness (QED) is 0.679. The van der Waals surface area contributed by atoms with Gasteiger partial charge in [0, 0.05) is 56.7 Å². The monoisotopic (exact) mass is 348 g/mol. The summed E-state index contributed by atoms with van der Waals surface area (Å²) < 4.78 is 0. The number of pyridine rings is 1. The van der Waals surface area contributed by atoms with E-state index in [2.05, 4.69) is 15.2 Å². The van der Waals surface area contributed by atoms with Gasteiger partial charge >= 0.3 is 0 Å². The van der Waals surface area contributed by atoms with Gasteiger partial charge in [0.25, 0.3) is 5.69 Å². The van der Waals surface area contributed by atoms with Gasteiger partial charge in [-0.15, -0.1) is 12.4 Å². The molecule has 128 valence electrons. The van der Waals surface area contributed by atoms with Gasteiger partial charge in [-0.1, -0.05) is 6.07 Å². The lowest BCUT2D eigenvalue weighted by molar-refractivity contribution is -0.384. The second-order valence-corrected chi connectivity index (χ2v) is 5.84. The summed E-state index contributed by atoms with van der Waals surface area (Å²) in [6, 6.07) is 9.51. The lowest BCUT2D eigenvalue weighted by Gasteiger charge is -2.36. The third kappa shape index (κ3) is 4.08. The minimum Gasteiger partial charge on any atom is -0.314 e. The van der Waals surface area contributed by atoms with Crippen molar-refractivity contribution >= 4 is 18.1 Å². The van der Waals surface area contributed by atoms with Gasteiger partial charge < -0.3 is 5.32 Å². The second-order valence-electron chi connectivity index (χ2n) is 5.84. The first-order valence-corrected chi connectivity index (χ1v) is 7.74. The Morgan fingerprint density at radius 2 is 2.08 bits per heavy atom. The van der Waals surface area contributed by atoms with Gasteiger partial charge in [-0.05, 0) is 35.7 Å². The number of hydrogen-bond acceptors (Lipinski definition) is 5. The molecule has 1 aromatic heterocycles. The van der Waals surface area contributed by atoms with Crippen LogP contribution >= 0.6 is 12.4 Å². The highest BCUT2D eigenvalue weighted by Gasteiger charge is 2.24. The van der Waals surface area contributed by atoms with Crippen LogP contribution in [0.2, 0.25) is 0 Å². The number of nitrogens with zero attached hydrogens (tertiary/aromatic N) is 3. The summed E-state index contributed by atoms with van der Waals surface area (Å²) in [7, 11) is 0. The van der Waals surface area contributed by atoms with Crippen molar-refractivity contribution in [1.82, 2.24) is 15.2 Å². The number of nitrogens with one attached hydrogen (secondary N) is 1. The zero-order valence-corrected chi connectivity index (χ0v) is 14.3. The Morgan fingerprint density at radius 1 is 1.33 bits per heavy atom. The molecule has 1 saturated heterocycles. The predicted molar refractivity (Wildman–Crippen MR) is 95.3 cm³/mol. The van der Waals surface area contributed by atoms with Crippen molar-refractivity contribution in [1.29, 1.82) is 0 Å². The van der Waals surface area contributed by atoms with E-state index >= 15 is 0 Å². The van der Waals surface area contributed by atoms with Crippen molar-refractivity contribution in [2.75, 3.05) is 19.6 Å². The highest BCUT2D eigenvalue weighted by atomic mass is 35.5. The minimum absolute atomic E-state index is 0. The molecule has 1 aromatic carbocycles. The number of halogens is 1. The van der Waals surface area contributed by atoms with Crippen LogP contribution < -0.4 is 5.32 Å². The van der Waals surface area contributed by atoms with Crippen molar-refractivity contribution in [2.24, 2.45) is 0 Å². The molecule has 0 bridgehead atoms. The summed E-state index contributed by atoms with van der Waals surface area (Å²) in [5.41, 5.74) is 3.49. The molecule has 0 saturated carbocycles. The molecule has 1 fully saturated rings. The number of aromatic nitrogens is 1. The number of piperazine rings is 1. The standard InChI is InChI=1S/C17H20N4O2.ClH/c1-13-10-16(21(22)23)3-2-15(13)12-20-9-8-19-11-17(20)14-4-6-18-7-5-14;/h2-7,10,17,19H,8-9,11-12H2,1H3;1H. The fourth-order valence-corrected chi connectivity index (χ4v) is 3.04. The number of benzene rings is 1. The Kier molecular flexibility index (Phi) is 6.25. The van der Waals surface area contributed by atoms with Crippen LogP contribution in [0.4, 0.5) is 5.69 Å². The van der Waals surface area contributed by atoms with Crippen LogP contribution in [0.5, 0.6) is 0 Å². The molecule has 0 amide bonds. The van der Waals surface area contributed by atoms with Crippen molar-refractivity contribution < 1.29 is 4.92 Å². The largest absolute Gasteiger partial charge is 0.314 e. The molecule has 6 nitrogen and oxygen atoms in total. The van der Waals surface area contributed by atoms with E-state index < -0.39 is 0 Å². The molecular formula is C17H21ClN4O2. The average molecular weight is 349 g/mol. The molecular weight excluding hydrogens is 328 g/mol. The predicted octanol–water partition coefficient (Wildman–Crippen LogP) is 2.87. The molecule has 1 aliphatic heterocycles. The van der Waals surface area contributed by atoms with E-state index in [0.29, 0.717) is 6.04 Å². The number of hydrogen-bond donors (Lipinski definition) is 1. The molecule has 1 aliphatic rings. The summed E-state index contributed by atoms with van der Waals surface area (Å²) in [4.78, 5) is 17.0.